The molecule has 1 saturated heterocycles. The molecule has 1 N–H and O–H groups in total. The molecule has 2 rings (SSSR count). The van der Waals surface area contributed by atoms with Crippen molar-refractivity contribution in [2.75, 3.05) is 13.1 Å². The fourth-order valence-corrected chi connectivity index (χ4v) is 2.54. The van der Waals surface area contributed by atoms with Crippen molar-refractivity contribution in [3.8, 4) is 5.75 Å². The number of piperidine rings is 1. The predicted molar refractivity (Wildman–Crippen MR) is 85.6 cm³/mol. The summed E-state index contributed by atoms with van der Waals surface area (Å²) in [6.45, 7) is 2.75. The fraction of sp³-hybridized carbons (Fsp3) is 0.412. The molecule has 0 saturated carbocycles. The number of nitrogens with one attached hydrogen (secondary N) is 1. The molecule has 0 spiro atoms. The molecule has 1 aromatic rings. The van der Waals surface area contributed by atoms with Gasteiger partial charge in [0.2, 0.25) is 11.8 Å². The molecule has 1 heterocycles. The summed E-state index contributed by atoms with van der Waals surface area (Å²) >= 11 is 0. The standard InChI is InChI=1S/C17H19F3N2O3/c1-12(23)22-10-8-14(9-11-22)21-16(24)7-4-13-2-5-15(6-3-13)25-17(18,19)20/h2-7,14H,8-11H2,1H3,(H,21,24)/b7-4+. The summed E-state index contributed by atoms with van der Waals surface area (Å²) < 4.78 is 40.0. The normalized spacial score (nSPS) is 16.1. The molecule has 0 bridgehead atoms. The van der Waals surface area contributed by atoms with E-state index in [0.29, 0.717) is 31.5 Å². The van der Waals surface area contributed by atoms with Gasteiger partial charge in [0.05, 0.1) is 0 Å². The van der Waals surface area contributed by atoms with Gasteiger partial charge >= 0.3 is 6.36 Å². The van der Waals surface area contributed by atoms with E-state index in [1.54, 1.807) is 4.90 Å². The maximum Gasteiger partial charge on any atom is 0.573 e. The highest BCUT2D eigenvalue weighted by molar-refractivity contribution is 5.91. The van der Waals surface area contributed by atoms with Gasteiger partial charge in [-0.2, -0.15) is 0 Å². The Morgan fingerprint density at radius 3 is 2.32 bits per heavy atom. The molecule has 5 nitrogen and oxygen atoms in total. The number of benzene rings is 1. The van der Waals surface area contributed by atoms with Gasteiger partial charge in [-0.1, -0.05) is 12.1 Å². The first kappa shape index (κ1) is 18.8. The van der Waals surface area contributed by atoms with Crippen LogP contribution in [0.1, 0.15) is 25.3 Å². The Labute approximate surface area is 143 Å². The fourth-order valence-electron chi connectivity index (χ4n) is 2.54. The minimum Gasteiger partial charge on any atom is -0.406 e. The lowest BCUT2D eigenvalue weighted by Crippen LogP contribution is -2.45. The van der Waals surface area contributed by atoms with Crippen LogP contribution in [0.15, 0.2) is 30.3 Å². The van der Waals surface area contributed by atoms with Crippen LogP contribution >= 0.6 is 0 Å². The molecule has 0 aromatic heterocycles. The molecule has 136 valence electrons. The molecule has 1 aliphatic rings. The highest BCUT2D eigenvalue weighted by atomic mass is 19.4. The average Bonchev–Trinajstić information content (AvgIpc) is 2.53. The van der Waals surface area contributed by atoms with Crippen LogP contribution in [0.4, 0.5) is 13.2 Å². The van der Waals surface area contributed by atoms with E-state index >= 15 is 0 Å². The summed E-state index contributed by atoms with van der Waals surface area (Å²) in [6.07, 6.45) is -0.491. The highest BCUT2D eigenvalue weighted by Gasteiger charge is 2.30. The zero-order valence-electron chi connectivity index (χ0n) is 13.7. The largest absolute Gasteiger partial charge is 0.573 e. The van der Waals surface area contributed by atoms with E-state index in [-0.39, 0.29) is 23.6 Å². The average molecular weight is 356 g/mol. The maximum atomic E-state index is 12.1. The van der Waals surface area contributed by atoms with E-state index in [2.05, 4.69) is 10.1 Å². The van der Waals surface area contributed by atoms with Gasteiger partial charge in [0.1, 0.15) is 5.75 Å². The number of carbonyl (C=O) groups excluding carboxylic acids is 2. The van der Waals surface area contributed by atoms with Crippen LogP contribution in [0.25, 0.3) is 6.08 Å². The molecule has 2 amide bonds. The summed E-state index contributed by atoms with van der Waals surface area (Å²) in [7, 11) is 0. The van der Waals surface area contributed by atoms with Crippen LogP contribution in [0, 0.1) is 0 Å². The first-order valence-electron chi connectivity index (χ1n) is 7.83. The Bertz CT molecular complexity index is 634. The first-order chi connectivity index (χ1) is 11.7. The van der Waals surface area contributed by atoms with E-state index in [1.807, 2.05) is 0 Å². The number of halogens is 3. The Morgan fingerprint density at radius 1 is 1.20 bits per heavy atom. The number of carbonyl (C=O) groups is 2. The molecule has 0 radical (unpaired) electrons. The summed E-state index contributed by atoms with van der Waals surface area (Å²) in [5, 5.41) is 2.85. The lowest BCUT2D eigenvalue weighted by Gasteiger charge is -2.31. The molecule has 1 fully saturated rings. The van der Waals surface area contributed by atoms with Crippen molar-refractivity contribution in [2.24, 2.45) is 0 Å². The summed E-state index contributed by atoms with van der Waals surface area (Å²) in [5.41, 5.74) is 0.580. The van der Waals surface area contributed by atoms with Gasteiger partial charge < -0.3 is 15.0 Å². The van der Waals surface area contributed by atoms with Gasteiger partial charge in [0.15, 0.2) is 0 Å². The molecular weight excluding hydrogens is 337 g/mol. The number of rotatable bonds is 4. The van der Waals surface area contributed by atoms with Crippen LogP contribution in [-0.4, -0.2) is 42.2 Å². The van der Waals surface area contributed by atoms with Gasteiger partial charge in [-0.05, 0) is 36.6 Å². The Kier molecular flexibility index (Phi) is 6.06. The summed E-state index contributed by atoms with van der Waals surface area (Å²) in [5.74, 6) is -0.564. The monoisotopic (exact) mass is 356 g/mol. The second-order valence-corrected chi connectivity index (χ2v) is 5.74. The SMILES string of the molecule is CC(=O)N1CCC(NC(=O)/C=C/c2ccc(OC(F)(F)F)cc2)CC1. The smallest absolute Gasteiger partial charge is 0.406 e. The minimum absolute atomic E-state index is 0.00955. The number of hydrogen-bond acceptors (Lipinski definition) is 3. The van der Waals surface area contributed by atoms with E-state index < -0.39 is 6.36 Å². The third kappa shape index (κ3) is 6.48. The van der Waals surface area contributed by atoms with Gasteiger partial charge in [0, 0.05) is 32.1 Å². The van der Waals surface area contributed by atoms with Crippen LogP contribution < -0.4 is 10.1 Å². The van der Waals surface area contributed by atoms with Gasteiger partial charge in [-0.3, -0.25) is 9.59 Å². The van der Waals surface area contributed by atoms with E-state index in [1.165, 1.54) is 43.3 Å². The second kappa shape index (κ2) is 8.04. The third-order valence-corrected chi connectivity index (χ3v) is 3.83. The van der Waals surface area contributed by atoms with Gasteiger partial charge in [0.25, 0.3) is 0 Å². The van der Waals surface area contributed by atoms with E-state index in [0.717, 1.165) is 0 Å². The lowest BCUT2D eigenvalue weighted by atomic mass is 10.0. The molecule has 1 aromatic carbocycles. The van der Waals surface area contributed by atoms with Crippen molar-refractivity contribution >= 4 is 17.9 Å². The summed E-state index contributed by atoms with van der Waals surface area (Å²) in [4.78, 5) is 24.9. The van der Waals surface area contributed by atoms with Crippen LogP contribution in [-0.2, 0) is 9.59 Å². The van der Waals surface area contributed by atoms with Crippen molar-refractivity contribution in [2.45, 2.75) is 32.2 Å². The highest BCUT2D eigenvalue weighted by Crippen LogP contribution is 2.23. The number of ether oxygens (including phenoxy) is 1. The number of alkyl halides is 3. The molecule has 25 heavy (non-hydrogen) atoms. The zero-order valence-corrected chi connectivity index (χ0v) is 13.7. The number of likely N-dealkylation sites (tertiary alicyclic amines) is 1. The molecule has 8 heteroatoms. The third-order valence-electron chi connectivity index (χ3n) is 3.83. The number of hydrogen-bond donors (Lipinski definition) is 1. The van der Waals surface area contributed by atoms with Crippen molar-refractivity contribution in [3.63, 3.8) is 0 Å². The number of nitrogens with zero attached hydrogens (tertiary/aromatic N) is 1. The van der Waals surface area contributed by atoms with Crippen molar-refractivity contribution in [1.29, 1.82) is 0 Å². The predicted octanol–water partition coefficient (Wildman–Crippen LogP) is 2.73. The molecule has 0 atom stereocenters. The molecule has 0 unspecified atom stereocenters. The van der Waals surface area contributed by atoms with E-state index in [9.17, 15) is 22.8 Å². The molecular formula is C17H19F3N2O3. The minimum atomic E-state index is -4.73. The first-order valence-corrected chi connectivity index (χ1v) is 7.83. The maximum absolute atomic E-state index is 12.1. The van der Waals surface area contributed by atoms with Crippen molar-refractivity contribution in [1.82, 2.24) is 10.2 Å². The Balaban J connectivity index is 1.81. The summed E-state index contributed by atoms with van der Waals surface area (Å²) in [6, 6.07) is 5.23. The Morgan fingerprint density at radius 2 is 1.80 bits per heavy atom. The van der Waals surface area contributed by atoms with Crippen LogP contribution in [0.2, 0.25) is 0 Å². The zero-order chi connectivity index (χ0) is 18.4. The second-order valence-electron chi connectivity index (χ2n) is 5.74. The Hall–Kier alpha value is -2.51. The van der Waals surface area contributed by atoms with E-state index in [4.69, 9.17) is 0 Å². The van der Waals surface area contributed by atoms with Gasteiger partial charge in [-0.25, -0.2) is 0 Å². The van der Waals surface area contributed by atoms with Crippen molar-refractivity contribution < 1.29 is 27.5 Å². The molecule has 0 aliphatic carbocycles. The lowest BCUT2D eigenvalue weighted by molar-refractivity contribution is -0.274. The van der Waals surface area contributed by atoms with Crippen LogP contribution in [0.5, 0.6) is 5.75 Å². The van der Waals surface area contributed by atoms with Gasteiger partial charge in [-0.15, -0.1) is 13.2 Å². The van der Waals surface area contributed by atoms with Crippen molar-refractivity contribution in [3.05, 3.63) is 35.9 Å². The topological polar surface area (TPSA) is 58.6 Å². The quantitative estimate of drug-likeness (QED) is 0.844. The van der Waals surface area contributed by atoms with Crippen LogP contribution in [0.3, 0.4) is 0 Å². The number of amides is 2. The molecule has 1 aliphatic heterocycles.